The van der Waals surface area contributed by atoms with Crippen LogP contribution in [0.2, 0.25) is 0 Å². The predicted molar refractivity (Wildman–Crippen MR) is 149 cm³/mol. The summed E-state index contributed by atoms with van der Waals surface area (Å²) in [5.41, 5.74) is 1.35. The Labute approximate surface area is 212 Å². The molecule has 2 nitrogen and oxygen atoms in total. The van der Waals surface area contributed by atoms with Gasteiger partial charge in [-0.3, -0.25) is 0 Å². The Kier molecular flexibility index (Phi) is 16.6. The summed E-state index contributed by atoms with van der Waals surface area (Å²) in [6.07, 6.45) is 31.2. The highest BCUT2D eigenvalue weighted by atomic mass is 15.1. The minimum Gasteiger partial charge on any atom is -0.230 e. The third-order valence-corrected chi connectivity index (χ3v) is 7.26. The smallest absolute Gasteiger partial charge is 0.230 e. The first kappa shape index (κ1) is 28.7. The molecular weight excluding hydrogens is 412 g/mol. The van der Waals surface area contributed by atoms with Crippen LogP contribution in [-0.2, 0) is 13.1 Å². The van der Waals surface area contributed by atoms with Crippen molar-refractivity contribution in [1.82, 2.24) is 4.57 Å². The van der Waals surface area contributed by atoms with Crippen LogP contribution in [0.5, 0.6) is 0 Å². The lowest BCUT2D eigenvalue weighted by Gasteiger charge is -2.06. The average Bonchev–Trinajstić information content (AvgIpc) is 3.27. The Morgan fingerprint density at radius 1 is 0.559 bits per heavy atom. The summed E-state index contributed by atoms with van der Waals surface area (Å²) in [7, 11) is 0. The summed E-state index contributed by atoms with van der Waals surface area (Å²) in [6, 6.07) is 11.0. The van der Waals surface area contributed by atoms with Crippen LogP contribution in [0.25, 0.3) is 11.4 Å². The quantitative estimate of drug-likeness (QED) is 0.120. The molecular formula is C32H55N2+. The van der Waals surface area contributed by atoms with E-state index in [-0.39, 0.29) is 0 Å². The summed E-state index contributed by atoms with van der Waals surface area (Å²) in [5, 5.41) is 0. The fraction of sp³-hybridized carbons (Fsp3) is 0.719. The summed E-state index contributed by atoms with van der Waals surface area (Å²) in [6.45, 7) is 6.88. The van der Waals surface area contributed by atoms with E-state index >= 15 is 0 Å². The number of unbranched alkanes of at least 4 members (excludes halogenated alkanes) is 17. The Morgan fingerprint density at radius 2 is 1.03 bits per heavy atom. The third kappa shape index (κ3) is 12.2. The van der Waals surface area contributed by atoms with E-state index in [9.17, 15) is 0 Å². The molecule has 0 saturated carbocycles. The number of aromatic nitrogens is 2. The molecule has 0 aliphatic carbocycles. The van der Waals surface area contributed by atoms with E-state index in [1.54, 1.807) is 0 Å². The first-order valence-electron chi connectivity index (χ1n) is 15.0. The largest absolute Gasteiger partial charge is 0.288 e. The number of rotatable bonds is 22. The summed E-state index contributed by atoms with van der Waals surface area (Å²) >= 11 is 0. The Bertz CT molecular complexity index is 703. The minimum atomic E-state index is 1.14. The molecule has 2 aromatic rings. The highest BCUT2D eigenvalue weighted by molar-refractivity contribution is 5.52. The number of hydrogen-bond donors (Lipinski definition) is 0. The highest BCUT2D eigenvalue weighted by Crippen LogP contribution is 2.18. The van der Waals surface area contributed by atoms with Gasteiger partial charge in [-0.2, -0.15) is 0 Å². The van der Waals surface area contributed by atoms with Crippen molar-refractivity contribution in [3.63, 3.8) is 0 Å². The highest BCUT2D eigenvalue weighted by Gasteiger charge is 2.18. The first-order chi connectivity index (χ1) is 16.9. The second kappa shape index (κ2) is 19.7. The van der Waals surface area contributed by atoms with E-state index < -0.39 is 0 Å². The minimum absolute atomic E-state index is 1.14. The van der Waals surface area contributed by atoms with Crippen molar-refractivity contribution < 1.29 is 4.57 Å². The molecule has 0 aliphatic heterocycles. The molecule has 1 heterocycles. The molecule has 34 heavy (non-hydrogen) atoms. The van der Waals surface area contributed by atoms with Gasteiger partial charge in [0.25, 0.3) is 5.82 Å². The molecule has 0 bridgehead atoms. The van der Waals surface area contributed by atoms with Gasteiger partial charge >= 0.3 is 0 Å². The van der Waals surface area contributed by atoms with Gasteiger partial charge in [-0.15, -0.1) is 0 Å². The molecule has 0 atom stereocenters. The number of aryl methyl sites for hydroxylation is 2. The van der Waals surface area contributed by atoms with Crippen molar-refractivity contribution in [2.75, 3.05) is 0 Å². The SMILES string of the molecule is CCCCCCCCCCCCCCC[n+]1ccn(CCCCCCCC)c1-c1ccccc1. The molecule has 0 saturated heterocycles. The molecule has 0 fully saturated rings. The Hall–Kier alpha value is -1.57. The predicted octanol–water partition coefficient (Wildman–Crippen LogP) is 9.89. The maximum absolute atomic E-state index is 2.50. The second-order valence-electron chi connectivity index (χ2n) is 10.4. The van der Waals surface area contributed by atoms with Crippen LogP contribution in [-0.4, -0.2) is 4.57 Å². The van der Waals surface area contributed by atoms with Crippen LogP contribution in [0.3, 0.4) is 0 Å². The Morgan fingerprint density at radius 3 is 1.56 bits per heavy atom. The zero-order valence-electron chi connectivity index (χ0n) is 22.8. The molecule has 0 spiro atoms. The van der Waals surface area contributed by atoms with Gasteiger partial charge in [-0.1, -0.05) is 128 Å². The zero-order valence-corrected chi connectivity index (χ0v) is 22.8. The number of hydrogen-bond acceptors (Lipinski definition) is 0. The number of nitrogens with zero attached hydrogens (tertiary/aromatic N) is 2. The lowest BCUT2D eigenvalue weighted by atomic mass is 10.0. The molecule has 1 aromatic heterocycles. The van der Waals surface area contributed by atoms with Crippen molar-refractivity contribution in [3.8, 4) is 11.4 Å². The van der Waals surface area contributed by atoms with Gasteiger partial charge in [-0.05, 0) is 37.8 Å². The van der Waals surface area contributed by atoms with Crippen molar-refractivity contribution in [2.24, 2.45) is 0 Å². The van der Waals surface area contributed by atoms with Gasteiger partial charge in [-0.25, -0.2) is 9.13 Å². The molecule has 192 valence electrons. The van der Waals surface area contributed by atoms with E-state index in [2.05, 4.69) is 65.7 Å². The number of imidazole rings is 1. The standard InChI is InChI=1S/C32H55N2/c1-3-5-7-9-11-12-13-14-15-16-17-19-24-28-34-30-29-33(27-23-18-10-8-6-4-2)32(34)31-25-21-20-22-26-31/h20-22,25-26,29-30H,3-19,23-24,27-28H2,1-2H3/q+1. The second-order valence-corrected chi connectivity index (χ2v) is 10.4. The first-order valence-corrected chi connectivity index (χ1v) is 15.0. The molecule has 1 aromatic carbocycles. The van der Waals surface area contributed by atoms with Gasteiger partial charge in [0.1, 0.15) is 12.4 Å². The van der Waals surface area contributed by atoms with Crippen molar-refractivity contribution in [2.45, 2.75) is 149 Å². The van der Waals surface area contributed by atoms with E-state index in [1.807, 2.05) is 0 Å². The van der Waals surface area contributed by atoms with Crippen LogP contribution in [0.15, 0.2) is 42.7 Å². The van der Waals surface area contributed by atoms with Gasteiger partial charge < -0.3 is 0 Å². The maximum Gasteiger partial charge on any atom is 0.288 e. The fourth-order valence-corrected chi connectivity index (χ4v) is 5.11. The summed E-state index contributed by atoms with van der Waals surface area (Å²) in [5.74, 6) is 1.40. The van der Waals surface area contributed by atoms with Gasteiger partial charge in [0.15, 0.2) is 0 Å². The van der Waals surface area contributed by atoms with Crippen LogP contribution in [0.4, 0.5) is 0 Å². The van der Waals surface area contributed by atoms with E-state index in [1.165, 1.54) is 133 Å². The van der Waals surface area contributed by atoms with Crippen molar-refractivity contribution in [1.29, 1.82) is 0 Å². The van der Waals surface area contributed by atoms with Gasteiger partial charge in [0.2, 0.25) is 0 Å². The fourth-order valence-electron chi connectivity index (χ4n) is 5.11. The van der Waals surface area contributed by atoms with Gasteiger partial charge in [0.05, 0.1) is 18.7 Å². The lowest BCUT2D eigenvalue weighted by molar-refractivity contribution is -0.686. The van der Waals surface area contributed by atoms with Crippen LogP contribution < -0.4 is 4.57 Å². The molecule has 2 rings (SSSR count). The van der Waals surface area contributed by atoms with Crippen LogP contribution in [0.1, 0.15) is 136 Å². The molecule has 0 aliphatic rings. The van der Waals surface area contributed by atoms with E-state index in [0.717, 1.165) is 13.1 Å². The third-order valence-electron chi connectivity index (χ3n) is 7.26. The molecule has 2 heteroatoms. The molecule has 0 amide bonds. The van der Waals surface area contributed by atoms with Gasteiger partial charge in [0, 0.05) is 0 Å². The summed E-state index contributed by atoms with van der Waals surface area (Å²) < 4.78 is 5.00. The van der Waals surface area contributed by atoms with Crippen molar-refractivity contribution >= 4 is 0 Å². The molecule has 0 unspecified atom stereocenters. The topological polar surface area (TPSA) is 8.81 Å². The number of benzene rings is 1. The zero-order chi connectivity index (χ0) is 24.1. The molecule has 0 N–H and O–H groups in total. The maximum atomic E-state index is 2.50. The average molecular weight is 468 g/mol. The van der Waals surface area contributed by atoms with Crippen LogP contribution >= 0.6 is 0 Å². The summed E-state index contributed by atoms with van der Waals surface area (Å²) in [4.78, 5) is 0. The normalized spacial score (nSPS) is 11.4. The van der Waals surface area contributed by atoms with E-state index in [4.69, 9.17) is 0 Å². The van der Waals surface area contributed by atoms with E-state index in [0.29, 0.717) is 0 Å². The molecule has 0 radical (unpaired) electrons. The van der Waals surface area contributed by atoms with Crippen LogP contribution in [0, 0.1) is 0 Å². The van der Waals surface area contributed by atoms with Crippen molar-refractivity contribution in [3.05, 3.63) is 42.7 Å². The monoisotopic (exact) mass is 467 g/mol. The Balaban J connectivity index is 1.66. The lowest BCUT2D eigenvalue weighted by Crippen LogP contribution is -2.34.